The van der Waals surface area contributed by atoms with Gasteiger partial charge in [-0.05, 0) is 29.0 Å². The van der Waals surface area contributed by atoms with Crippen molar-refractivity contribution in [2.24, 2.45) is 0 Å². The number of pyridine rings is 1. The summed E-state index contributed by atoms with van der Waals surface area (Å²) in [6.45, 7) is 0. The highest BCUT2D eigenvalue weighted by Gasteiger charge is 2.17. The summed E-state index contributed by atoms with van der Waals surface area (Å²) in [7, 11) is 1.28. The summed E-state index contributed by atoms with van der Waals surface area (Å²) >= 11 is 7.66. The van der Waals surface area contributed by atoms with Crippen LogP contribution in [0.4, 0.5) is 5.69 Å². The molecule has 0 aliphatic carbocycles. The van der Waals surface area contributed by atoms with Gasteiger partial charge in [-0.3, -0.25) is 0 Å². The number of hydrogen-bond acceptors (Lipinski definition) is 5. The molecule has 2 heterocycles. The fourth-order valence-corrected chi connectivity index (χ4v) is 3.05. The highest BCUT2D eigenvalue weighted by atomic mass is 35.5. The second-order valence-electron chi connectivity index (χ2n) is 4.42. The lowest BCUT2D eigenvalue weighted by atomic mass is 10.1. The molecule has 0 amide bonds. The smallest absolute Gasteiger partial charge is 0.358 e. The number of carbonyl (C=O) groups excluding carboxylic acids is 1. The molecular formula is C15H11ClN2O2S. The second-order valence-corrected chi connectivity index (χ2v) is 5.75. The third-order valence-electron chi connectivity index (χ3n) is 3.12. The van der Waals surface area contributed by atoms with Gasteiger partial charge in [0.2, 0.25) is 0 Å². The van der Waals surface area contributed by atoms with Crippen molar-refractivity contribution in [1.82, 2.24) is 4.98 Å². The van der Waals surface area contributed by atoms with Crippen molar-refractivity contribution in [1.29, 1.82) is 0 Å². The number of nitrogens with two attached hydrogens (primary N) is 1. The molecule has 2 aromatic heterocycles. The summed E-state index contributed by atoms with van der Waals surface area (Å²) in [5, 5.41) is 3.31. The highest BCUT2D eigenvalue weighted by molar-refractivity contribution is 7.17. The first-order chi connectivity index (χ1) is 10.1. The van der Waals surface area contributed by atoms with Crippen LogP contribution in [0.15, 0.2) is 35.7 Å². The Kier molecular flexibility index (Phi) is 3.53. The Balaban J connectivity index is 2.17. The van der Waals surface area contributed by atoms with Crippen LogP contribution in [0.5, 0.6) is 0 Å². The number of thiophene rings is 1. The van der Waals surface area contributed by atoms with Crippen molar-refractivity contribution in [3.8, 4) is 11.3 Å². The zero-order valence-electron chi connectivity index (χ0n) is 11.1. The van der Waals surface area contributed by atoms with Crippen LogP contribution >= 0.6 is 22.9 Å². The van der Waals surface area contributed by atoms with Gasteiger partial charge < -0.3 is 10.5 Å². The molecule has 0 unspecified atom stereocenters. The average Bonchev–Trinajstić information content (AvgIpc) is 2.96. The van der Waals surface area contributed by atoms with Crippen molar-refractivity contribution >= 4 is 44.7 Å². The summed E-state index contributed by atoms with van der Waals surface area (Å²) in [6, 6.07) is 9.66. The predicted molar refractivity (Wildman–Crippen MR) is 85.8 cm³/mol. The third-order valence-corrected chi connectivity index (χ3v) is 4.39. The summed E-state index contributed by atoms with van der Waals surface area (Å²) < 4.78 is 5.82. The minimum absolute atomic E-state index is 0.0282. The first-order valence-electron chi connectivity index (χ1n) is 6.12. The maximum Gasteiger partial charge on any atom is 0.358 e. The van der Waals surface area contributed by atoms with Crippen molar-refractivity contribution in [2.75, 3.05) is 12.8 Å². The number of halogens is 1. The van der Waals surface area contributed by atoms with Crippen LogP contribution in [0.2, 0.25) is 5.02 Å². The number of ether oxygens (including phenoxy) is 1. The summed E-state index contributed by atoms with van der Waals surface area (Å²) in [5.74, 6) is -0.606. The van der Waals surface area contributed by atoms with Crippen LogP contribution in [0.25, 0.3) is 21.3 Å². The Morgan fingerprint density at radius 1 is 1.33 bits per heavy atom. The standard InChI is InChI=1S/C15H11ClN2O2S/c1-20-15(19)14-13(16)10(17)7-11(18-14)9-3-2-8-4-5-21-12(8)6-9/h2-7H,1H3,(H2,17,18). The van der Waals surface area contributed by atoms with Crippen molar-refractivity contribution in [3.63, 3.8) is 0 Å². The van der Waals surface area contributed by atoms with E-state index in [2.05, 4.69) is 9.72 Å². The molecule has 6 heteroatoms. The maximum absolute atomic E-state index is 11.7. The Bertz CT molecular complexity index is 845. The molecule has 0 saturated carbocycles. The van der Waals surface area contributed by atoms with Crippen LogP contribution < -0.4 is 5.73 Å². The fourth-order valence-electron chi connectivity index (χ4n) is 2.04. The Morgan fingerprint density at radius 2 is 2.14 bits per heavy atom. The maximum atomic E-state index is 11.7. The van der Waals surface area contributed by atoms with Gasteiger partial charge in [-0.15, -0.1) is 11.3 Å². The van der Waals surface area contributed by atoms with E-state index < -0.39 is 5.97 Å². The molecule has 21 heavy (non-hydrogen) atoms. The van der Waals surface area contributed by atoms with E-state index in [0.717, 1.165) is 10.3 Å². The van der Waals surface area contributed by atoms with Crippen LogP contribution in [0.1, 0.15) is 10.5 Å². The normalized spacial score (nSPS) is 10.8. The molecule has 0 aliphatic rings. The lowest BCUT2D eigenvalue weighted by Gasteiger charge is -2.08. The third kappa shape index (κ3) is 2.46. The Labute approximate surface area is 130 Å². The molecule has 0 aliphatic heterocycles. The molecule has 0 bridgehead atoms. The van der Waals surface area contributed by atoms with Gasteiger partial charge in [0.05, 0.1) is 23.5 Å². The zero-order valence-corrected chi connectivity index (χ0v) is 12.7. The van der Waals surface area contributed by atoms with Gasteiger partial charge >= 0.3 is 5.97 Å². The van der Waals surface area contributed by atoms with Gasteiger partial charge in [-0.2, -0.15) is 0 Å². The van der Waals surface area contributed by atoms with Gasteiger partial charge in [0.15, 0.2) is 5.69 Å². The van der Waals surface area contributed by atoms with Crippen LogP contribution in [0, 0.1) is 0 Å². The SMILES string of the molecule is COC(=O)c1nc(-c2ccc3ccsc3c2)cc(N)c1Cl. The zero-order chi connectivity index (χ0) is 15.0. The number of fused-ring (bicyclic) bond motifs is 1. The fraction of sp³-hybridized carbons (Fsp3) is 0.0667. The first kappa shape index (κ1) is 13.9. The number of rotatable bonds is 2. The number of hydrogen-bond donors (Lipinski definition) is 1. The molecule has 4 nitrogen and oxygen atoms in total. The van der Waals surface area contributed by atoms with Gasteiger partial charge in [-0.25, -0.2) is 9.78 Å². The van der Waals surface area contributed by atoms with Crippen LogP contribution in [-0.2, 0) is 4.74 Å². The summed E-state index contributed by atoms with van der Waals surface area (Å²) in [5.41, 5.74) is 7.66. The number of methoxy groups -OCH3 is 1. The quantitative estimate of drug-likeness (QED) is 0.726. The second kappa shape index (κ2) is 5.35. The molecule has 0 radical (unpaired) electrons. The highest BCUT2D eigenvalue weighted by Crippen LogP contribution is 2.31. The molecule has 0 atom stereocenters. The molecule has 0 spiro atoms. The minimum atomic E-state index is -0.606. The number of esters is 1. The van der Waals surface area contributed by atoms with E-state index >= 15 is 0 Å². The van der Waals surface area contributed by atoms with E-state index in [1.165, 1.54) is 12.5 Å². The van der Waals surface area contributed by atoms with E-state index in [0.29, 0.717) is 11.4 Å². The van der Waals surface area contributed by atoms with E-state index in [-0.39, 0.29) is 10.7 Å². The summed E-state index contributed by atoms with van der Waals surface area (Å²) in [4.78, 5) is 16.0. The van der Waals surface area contributed by atoms with E-state index in [1.54, 1.807) is 17.4 Å². The number of carbonyl (C=O) groups is 1. The first-order valence-corrected chi connectivity index (χ1v) is 7.38. The Hall–Kier alpha value is -2.11. The van der Waals surface area contributed by atoms with Crippen molar-refractivity contribution in [2.45, 2.75) is 0 Å². The number of anilines is 1. The van der Waals surface area contributed by atoms with E-state index in [4.69, 9.17) is 17.3 Å². The monoisotopic (exact) mass is 318 g/mol. The van der Waals surface area contributed by atoms with Crippen molar-refractivity contribution in [3.05, 3.63) is 46.4 Å². The largest absolute Gasteiger partial charge is 0.464 e. The average molecular weight is 319 g/mol. The van der Waals surface area contributed by atoms with Crippen LogP contribution in [-0.4, -0.2) is 18.1 Å². The molecule has 2 N–H and O–H groups in total. The topological polar surface area (TPSA) is 65.2 Å². The number of nitrogens with zero attached hydrogens (tertiary/aromatic N) is 1. The molecule has 0 saturated heterocycles. The van der Waals surface area contributed by atoms with Gasteiger partial charge in [0.25, 0.3) is 0 Å². The van der Waals surface area contributed by atoms with Gasteiger partial charge in [0.1, 0.15) is 0 Å². The lowest BCUT2D eigenvalue weighted by Crippen LogP contribution is -2.08. The van der Waals surface area contributed by atoms with Gasteiger partial charge in [0, 0.05) is 10.3 Å². The molecule has 3 aromatic rings. The number of aromatic nitrogens is 1. The van der Waals surface area contributed by atoms with Crippen LogP contribution in [0.3, 0.4) is 0 Å². The molecular weight excluding hydrogens is 308 g/mol. The molecule has 106 valence electrons. The minimum Gasteiger partial charge on any atom is -0.464 e. The molecule has 1 aromatic carbocycles. The van der Waals surface area contributed by atoms with E-state index in [9.17, 15) is 4.79 Å². The Morgan fingerprint density at radius 3 is 2.90 bits per heavy atom. The predicted octanol–water partition coefficient (Wildman–Crippen LogP) is 3.99. The lowest BCUT2D eigenvalue weighted by molar-refractivity contribution is 0.0594. The molecule has 0 fully saturated rings. The van der Waals surface area contributed by atoms with Crippen molar-refractivity contribution < 1.29 is 9.53 Å². The van der Waals surface area contributed by atoms with E-state index in [1.807, 2.05) is 29.6 Å². The number of nitrogen functional groups attached to an aromatic ring is 1. The summed E-state index contributed by atoms with van der Waals surface area (Å²) in [6.07, 6.45) is 0. The molecule has 3 rings (SSSR count). The van der Waals surface area contributed by atoms with Gasteiger partial charge in [-0.1, -0.05) is 23.7 Å². The number of benzene rings is 1.